The van der Waals surface area contributed by atoms with E-state index in [1.165, 1.54) is 140 Å². The van der Waals surface area contributed by atoms with Crippen molar-refractivity contribution in [2.75, 3.05) is 0 Å². The highest BCUT2D eigenvalue weighted by molar-refractivity contribution is 5.59. The summed E-state index contributed by atoms with van der Waals surface area (Å²) in [5, 5.41) is 0. The van der Waals surface area contributed by atoms with Gasteiger partial charge in [-0.25, -0.2) is 0 Å². The first-order chi connectivity index (χ1) is 65.3. The van der Waals surface area contributed by atoms with E-state index < -0.39 is 0 Å². The van der Waals surface area contributed by atoms with Gasteiger partial charge in [0.15, 0.2) is 0 Å². The molecule has 0 aromatic heterocycles. The fourth-order valence-electron chi connectivity index (χ4n) is 29.1. The molecule has 15 unspecified atom stereocenters. The minimum Gasteiger partial charge on any atom is -0.0808 e. The highest BCUT2D eigenvalue weighted by Gasteiger charge is 2.46. The van der Waals surface area contributed by atoms with Gasteiger partial charge in [0, 0.05) is 0 Å². The molecule has 13 fully saturated rings. The van der Waals surface area contributed by atoms with E-state index in [9.17, 15) is 0 Å². The van der Waals surface area contributed by atoms with Crippen molar-refractivity contribution >= 4 is 6.08 Å². The molecule has 19 rings (SSSR count). The van der Waals surface area contributed by atoms with E-state index in [2.05, 4.69) is 430 Å². The van der Waals surface area contributed by atoms with Crippen LogP contribution >= 0.6 is 0 Å². The van der Waals surface area contributed by atoms with E-state index in [1.807, 2.05) is 0 Å². The van der Waals surface area contributed by atoms with E-state index in [1.54, 1.807) is 39.0 Å². The molecule has 15 atom stereocenters. The quantitative estimate of drug-likeness (QED) is 0.283. The highest BCUT2D eigenvalue weighted by Crippen LogP contribution is 2.56. The third-order valence-electron chi connectivity index (χ3n) is 41.5. The molecule has 0 spiro atoms. The molecule has 0 nitrogen and oxygen atoms in total. The van der Waals surface area contributed by atoms with E-state index in [-0.39, 0.29) is 14.9 Å². The van der Waals surface area contributed by atoms with Crippen LogP contribution in [-0.2, 0) is 0 Å². The summed E-state index contributed by atoms with van der Waals surface area (Å²) < 4.78 is 0. The van der Waals surface area contributed by atoms with Crippen LogP contribution in [0.25, 0.3) is 6.08 Å². The second-order valence-corrected chi connectivity index (χ2v) is 57.5. The molecule has 18 aliphatic carbocycles. The van der Waals surface area contributed by atoms with Crippen LogP contribution in [0.4, 0.5) is 0 Å². The maximum atomic E-state index is 2.67. The van der Waals surface area contributed by atoms with Crippen molar-refractivity contribution in [3.63, 3.8) is 0 Å². The number of fused-ring (bicyclic) bond motifs is 10. The van der Waals surface area contributed by atoms with Gasteiger partial charge in [-0.2, -0.15) is 0 Å². The van der Waals surface area contributed by atoms with Crippen LogP contribution < -0.4 is 0 Å². The molecular weight excluding hydrogens is 1710 g/mol. The Kier molecular flexibility index (Phi) is 59.4. The summed E-state index contributed by atoms with van der Waals surface area (Å²) in [6.07, 6.45) is 59.3. The van der Waals surface area contributed by atoms with Gasteiger partial charge in [-0.3, -0.25) is 0 Å². The maximum absolute atomic E-state index is 2.67. The van der Waals surface area contributed by atoms with Gasteiger partial charge in [0.2, 0.25) is 0 Å². The highest BCUT2D eigenvalue weighted by atomic mass is 14.5. The van der Waals surface area contributed by atoms with Gasteiger partial charge >= 0.3 is 0 Å². The van der Waals surface area contributed by atoms with Crippen molar-refractivity contribution in [3.8, 4) is 0 Å². The fourth-order valence-corrected chi connectivity index (χ4v) is 29.1. The Morgan fingerprint density at radius 2 is 0.486 bits per heavy atom. The lowest BCUT2D eigenvalue weighted by Crippen LogP contribution is -2.20. The van der Waals surface area contributed by atoms with Gasteiger partial charge in [-0.15, -0.1) is 0 Å². The van der Waals surface area contributed by atoms with Crippen LogP contribution in [0.5, 0.6) is 0 Å². The average molecular weight is 1960 g/mol. The molecular formula is C142H256. The first kappa shape index (κ1) is 133. The second-order valence-electron chi connectivity index (χ2n) is 57.5. The largest absolute Gasteiger partial charge is 0.0808 e. The number of benzene rings is 1. The Bertz CT molecular complexity index is 3390. The van der Waals surface area contributed by atoms with Crippen molar-refractivity contribution in [2.45, 2.75) is 488 Å². The minimum absolute atomic E-state index is 0. The predicted octanol–water partition coefficient (Wildman–Crippen LogP) is 45.6. The molecule has 1 aromatic carbocycles. The van der Waals surface area contributed by atoms with Gasteiger partial charge in [-0.1, -0.05) is 444 Å². The van der Waals surface area contributed by atoms with Crippen molar-refractivity contribution in [3.05, 3.63) is 136 Å². The monoisotopic (exact) mass is 1960 g/mol. The zero-order valence-electron chi connectivity index (χ0n) is 103. The Balaban J connectivity index is 0.000000399. The molecule has 0 heteroatoms. The Labute approximate surface area is 895 Å². The van der Waals surface area contributed by atoms with Crippen LogP contribution in [0.2, 0.25) is 0 Å². The first-order valence-electron chi connectivity index (χ1n) is 61.6. The molecule has 0 amide bonds. The summed E-state index contributed by atoms with van der Waals surface area (Å²) in [6.45, 7) is 112. The molecule has 0 saturated heterocycles. The van der Waals surface area contributed by atoms with Gasteiger partial charge in [0.1, 0.15) is 0 Å². The number of rotatable bonds is 3. The van der Waals surface area contributed by atoms with Crippen LogP contribution in [-0.4, -0.2) is 0 Å². The number of hydrogen-bond donors (Lipinski definition) is 0. The van der Waals surface area contributed by atoms with Gasteiger partial charge < -0.3 is 0 Å². The SMILES string of the molecule is C.C.CC(C)(C)CC1CCC2c3ccccc3C=CC12.CC(C)C.CC(C)C.CC(C)C.CC(C)C.CC(C)C.CC(C)CC1CCC2C=C3CCCC3=CC21.CC1C(C)C(C)C(C)C1C.CC1C(C)C(C)C(C)C1C.CC1C(C)C(C)C(C)C1C.CC1C(C)C(C)C(C)C1C.CC1C(C)C(C)C(C)C1C.CC1CCC2C=C3CCCC3=CC12.CC1CCC2C=C3CCCC3=CC12.CC1CCC2C=CC=CC12. The molecule has 0 radical (unpaired) electrons. The molecule has 0 N–H and O–H groups in total. The minimum atomic E-state index is 0. The lowest BCUT2D eigenvalue weighted by Gasteiger charge is -2.30. The Morgan fingerprint density at radius 1 is 0.246 bits per heavy atom. The zero-order chi connectivity index (χ0) is 106. The molecule has 13 saturated carbocycles. The Hall–Kier alpha value is -3.12. The van der Waals surface area contributed by atoms with Crippen LogP contribution in [0.15, 0.2) is 125 Å². The van der Waals surface area contributed by atoms with Gasteiger partial charge in [-0.05, 0) is 457 Å². The average Bonchev–Trinajstić information content (AvgIpc) is 1.64. The summed E-state index contributed by atoms with van der Waals surface area (Å²) in [5.74, 6) is 41.8. The molecule has 0 bridgehead atoms. The van der Waals surface area contributed by atoms with E-state index in [4.69, 9.17) is 0 Å². The zero-order valence-corrected chi connectivity index (χ0v) is 103. The van der Waals surface area contributed by atoms with Crippen molar-refractivity contribution < 1.29 is 0 Å². The third kappa shape index (κ3) is 39.8. The third-order valence-corrected chi connectivity index (χ3v) is 41.5. The summed E-state index contributed by atoms with van der Waals surface area (Å²) in [4.78, 5) is 0. The summed E-state index contributed by atoms with van der Waals surface area (Å²) in [5.41, 5.74) is 13.8. The molecule has 0 heterocycles. The van der Waals surface area contributed by atoms with E-state index in [0.717, 1.165) is 272 Å². The summed E-state index contributed by atoms with van der Waals surface area (Å²) >= 11 is 0. The lowest BCUT2D eigenvalue weighted by atomic mass is 9.74. The molecule has 0 aliphatic heterocycles. The summed E-state index contributed by atoms with van der Waals surface area (Å²) in [7, 11) is 0. The van der Waals surface area contributed by atoms with Crippen LogP contribution in [0.3, 0.4) is 0 Å². The molecule has 142 heavy (non-hydrogen) atoms. The predicted molar refractivity (Wildman–Crippen MR) is 647 cm³/mol. The van der Waals surface area contributed by atoms with E-state index in [0.29, 0.717) is 5.41 Å². The van der Waals surface area contributed by atoms with Crippen molar-refractivity contribution in [1.82, 2.24) is 0 Å². The topological polar surface area (TPSA) is 0 Å². The normalized spacial score (nSPS) is 39.6. The smallest absolute Gasteiger partial charge is 0.00902 e. The molecule has 1 aromatic rings. The van der Waals surface area contributed by atoms with Gasteiger partial charge in [0.05, 0.1) is 0 Å². The van der Waals surface area contributed by atoms with E-state index >= 15 is 0 Å². The molecule has 824 valence electrons. The Morgan fingerprint density at radius 3 is 0.768 bits per heavy atom. The lowest BCUT2D eigenvalue weighted by molar-refractivity contribution is 0.265. The van der Waals surface area contributed by atoms with Crippen LogP contribution in [0, 0.1) is 272 Å². The van der Waals surface area contributed by atoms with Crippen molar-refractivity contribution in [2.24, 2.45) is 272 Å². The first-order valence-corrected chi connectivity index (χ1v) is 61.6. The van der Waals surface area contributed by atoms with Crippen LogP contribution in [0.1, 0.15) is 499 Å². The number of hydrogen-bond acceptors (Lipinski definition) is 0. The summed E-state index contributed by atoms with van der Waals surface area (Å²) in [6, 6.07) is 8.96. The second kappa shape index (κ2) is 63.4. The fraction of sp³-hybridized carbons (Fsp3) is 0.831. The number of allylic oxidation sites excluding steroid dienone is 17. The van der Waals surface area contributed by atoms with Crippen molar-refractivity contribution in [1.29, 1.82) is 0 Å². The molecule has 18 aliphatic rings. The maximum Gasteiger partial charge on any atom is -0.00902 e. The standard InChI is InChI=1S/C18H24.C16H24.2C13H18.C10H14.5C10H20.5C4H10.2CH4/c1-18(2,3)12-14-9-11-17-15-7-5-4-6-13(15)8-10-16(14)17;1-11(2)8-14-6-7-15-9-12-4-3-5-13(12)10-16(14)15;2*1-9-5-6-12-7-10-3-2-4-11(10)8-13(9)12;1-8-6-7-9-4-2-3-5-10(8)9;5*1-6-7(2)9(4)10(5)8(6)3;5*1-4(2)3;;/h4-8,10,14,16-17H,9,11-12H2,1-3H3;9-11,14-16H,3-8H2,1-2H3;2*7-9,12-13H,2-6H2,1H3;2-5,8-10H,6-7H2,1H3;5*6-10H,1-5H3;5*4H,1-3H3;2*1H4. The van der Waals surface area contributed by atoms with Gasteiger partial charge in [0.25, 0.3) is 0 Å².